The molecular formula is C16H13Cl2N3O7S2. The van der Waals surface area contributed by atoms with Gasteiger partial charge in [-0.15, -0.1) is 0 Å². The molecule has 0 saturated carbocycles. The Morgan fingerprint density at radius 1 is 1.33 bits per heavy atom. The first-order valence-corrected chi connectivity index (χ1v) is 10.4. The summed E-state index contributed by atoms with van der Waals surface area (Å²) in [5.74, 6) is -0.110. The van der Waals surface area contributed by atoms with Crippen molar-refractivity contribution in [1.82, 2.24) is 4.90 Å². The number of thiocarbonyl (C=S) groups is 1. The molecule has 3 N–H and O–H groups in total. The van der Waals surface area contributed by atoms with Crippen molar-refractivity contribution in [2.45, 2.75) is 18.4 Å². The van der Waals surface area contributed by atoms with Gasteiger partial charge in [-0.05, 0) is 43.4 Å². The molecular weight excluding hydrogens is 481 g/mol. The van der Waals surface area contributed by atoms with Crippen molar-refractivity contribution in [2.24, 2.45) is 5.73 Å². The molecule has 0 aliphatic heterocycles. The van der Waals surface area contributed by atoms with Crippen LogP contribution in [-0.4, -0.2) is 34.6 Å². The van der Waals surface area contributed by atoms with E-state index in [1.54, 1.807) is 0 Å². The zero-order valence-electron chi connectivity index (χ0n) is 15.0. The second-order valence-electron chi connectivity index (χ2n) is 5.78. The molecule has 0 atom stereocenters. The van der Waals surface area contributed by atoms with Gasteiger partial charge in [0.05, 0.1) is 21.5 Å². The zero-order valence-corrected chi connectivity index (χ0v) is 18.2. The summed E-state index contributed by atoms with van der Waals surface area (Å²) in [6.45, 7) is 0.939. The number of carboxylic acid groups (broad SMARTS) is 1. The fraction of sp³-hybridized carbons (Fsp3) is 0.125. The van der Waals surface area contributed by atoms with Crippen molar-refractivity contribution in [3.8, 4) is 5.75 Å². The lowest BCUT2D eigenvalue weighted by atomic mass is 10.1. The van der Waals surface area contributed by atoms with Crippen LogP contribution in [0.1, 0.15) is 11.1 Å². The highest BCUT2D eigenvalue weighted by molar-refractivity contribution is 7.87. The van der Waals surface area contributed by atoms with Gasteiger partial charge in [0, 0.05) is 17.2 Å². The van der Waals surface area contributed by atoms with E-state index in [1.165, 1.54) is 19.1 Å². The third-order valence-corrected chi connectivity index (χ3v) is 6.21. The highest BCUT2D eigenvalue weighted by atomic mass is 35.5. The van der Waals surface area contributed by atoms with Crippen LogP contribution in [0.3, 0.4) is 0 Å². The monoisotopic (exact) mass is 493 g/mol. The summed E-state index contributed by atoms with van der Waals surface area (Å²) < 4.78 is 30.3. The molecule has 0 radical (unpaired) electrons. The Balaban J connectivity index is 2.46. The number of hydrogen-bond acceptors (Lipinski definition) is 7. The first-order valence-electron chi connectivity index (χ1n) is 7.81. The average molecular weight is 494 g/mol. The van der Waals surface area contributed by atoms with Crippen LogP contribution in [0.4, 0.5) is 10.5 Å². The van der Waals surface area contributed by atoms with E-state index < -0.39 is 43.4 Å². The van der Waals surface area contributed by atoms with E-state index in [1.807, 2.05) is 0 Å². The van der Waals surface area contributed by atoms with E-state index in [4.69, 9.17) is 38.2 Å². The van der Waals surface area contributed by atoms with E-state index in [0.717, 1.165) is 18.2 Å². The number of carbonyl (C=O) groups is 1. The fourth-order valence-electron chi connectivity index (χ4n) is 2.30. The first kappa shape index (κ1) is 23.6. The maximum atomic E-state index is 12.6. The number of nitrogens with zero attached hydrogens (tertiary/aromatic N) is 2. The Bertz CT molecular complexity index is 1140. The number of nitrogens with two attached hydrogens (primary N) is 1. The fourth-order valence-corrected chi connectivity index (χ4v) is 3.81. The predicted molar refractivity (Wildman–Crippen MR) is 112 cm³/mol. The van der Waals surface area contributed by atoms with Crippen LogP contribution < -0.4 is 9.92 Å². The minimum Gasteiger partial charge on any atom is -0.465 e. The standard InChI is InChI=1S/C16H13Cl2N3O7S2/c1-8-13(5-4-11(17)14(8)18)28-30(26,27)10-3-2-9(12(6-10)21(24)25)7-20(15(19)29)16(22)23/h2-6H,7H2,1H3,(H2,19,29)(H,22,23). The lowest BCUT2D eigenvalue weighted by Gasteiger charge is -2.17. The van der Waals surface area contributed by atoms with E-state index in [9.17, 15) is 23.3 Å². The molecule has 1 amide bonds. The van der Waals surface area contributed by atoms with Crippen molar-refractivity contribution < 1.29 is 27.4 Å². The minimum absolute atomic E-state index is 0.0946. The molecule has 2 rings (SSSR count). The van der Waals surface area contributed by atoms with Crippen LogP contribution in [0.5, 0.6) is 5.75 Å². The number of hydrogen-bond donors (Lipinski definition) is 2. The number of rotatable bonds is 6. The van der Waals surface area contributed by atoms with Crippen LogP contribution >= 0.6 is 35.4 Å². The number of benzene rings is 2. The van der Waals surface area contributed by atoms with Gasteiger partial charge >= 0.3 is 16.2 Å². The van der Waals surface area contributed by atoms with Gasteiger partial charge in [-0.3, -0.25) is 10.1 Å². The second-order valence-corrected chi connectivity index (χ2v) is 8.53. The molecule has 0 heterocycles. The van der Waals surface area contributed by atoms with Crippen molar-refractivity contribution in [1.29, 1.82) is 0 Å². The molecule has 0 bridgehead atoms. The van der Waals surface area contributed by atoms with E-state index >= 15 is 0 Å². The topological polar surface area (TPSA) is 153 Å². The van der Waals surface area contributed by atoms with Crippen molar-refractivity contribution in [2.75, 3.05) is 0 Å². The largest absolute Gasteiger partial charge is 0.465 e. The quantitative estimate of drug-likeness (QED) is 0.265. The normalized spacial score (nSPS) is 11.0. The Hall–Kier alpha value is -2.67. The molecule has 0 aliphatic carbocycles. The Kier molecular flexibility index (Phi) is 7.08. The van der Waals surface area contributed by atoms with Gasteiger partial charge in [0.1, 0.15) is 10.6 Å². The van der Waals surface area contributed by atoms with Gasteiger partial charge in [-0.1, -0.05) is 23.2 Å². The van der Waals surface area contributed by atoms with Crippen LogP contribution in [0.2, 0.25) is 10.0 Å². The first-order chi connectivity index (χ1) is 13.8. The van der Waals surface area contributed by atoms with Crippen molar-refractivity contribution >= 4 is 62.4 Å². The molecule has 2 aromatic rings. The van der Waals surface area contributed by atoms with Crippen LogP contribution in [0.25, 0.3) is 0 Å². The van der Waals surface area contributed by atoms with E-state index in [-0.39, 0.29) is 26.9 Å². The Morgan fingerprint density at radius 2 is 1.97 bits per heavy atom. The van der Waals surface area contributed by atoms with Crippen molar-refractivity contribution in [3.05, 3.63) is 61.6 Å². The average Bonchev–Trinajstić information content (AvgIpc) is 2.65. The van der Waals surface area contributed by atoms with Crippen LogP contribution in [0.15, 0.2) is 35.2 Å². The van der Waals surface area contributed by atoms with Gasteiger partial charge in [-0.2, -0.15) is 8.42 Å². The lowest BCUT2D eigenvalue weighted by Crippen LogP contribution is -2.39. The molecule has 0 aliphatic rings. The smallest absolute Gasteiger partial charge is 0.413 e. The highest BCUT2D eigenvalue weighted by Gasteiger charge is 2.26. The third kappa shape index (κ3) is 5.08. The molecule has 0 unspecified atom stereocenters. The molecule has 14 heteroatoms. The van der Waals surface area contributed by atoms with Gasteiger partial charge < -0.3 is 15.0 Å². The molecule has 2 aromatic carbocycles. The highest BCUT2D eigenvalue weighted by Crippen LogP contribution is 2.34. The number of nitro groups is 1. The van der Waals surface area contributed by atoms with E-state index in [2.05, 4.69) is 12.2 Å². The van der Waals surface area contributed by atoms with Crippen molar-refractivity contribution in [3.63, 3.8) is 0 Å². The molecule has 30 heavy (non-hydrogen) atoms. The summed E-state index contributed by atoms with van der Waals surface area (Å²) in [7, 11) is -4.49. The third-order valence-electron chi connectivity index (χ3n) is 3.86. The van der Waals surface area contributed by atoms with Gasteiger partial charge in [0.25, 0.3) is 5.69 Å². The molecule has 160 valence electrons. The molecule has 0 fully saturated rings. The van der Waals surface area contributed by atoms with E-state index in [0.29, 0.717) is 4.90 Å². The Morgan fingerprint density at radius 3 is 2.50 bits per heavy atom. The maximum Gasteiger partial charge on any atom is 0.413 e. The summed E-state index contributed by atoms with van der Waals surface area (Å²) in [6, 6.07) is 5.48. The Labute approximate surface area is 186 Å². The molecule has 0 spiro atoms. The molecule has 0 saturated heterocycles. The molecule has 0 aromatic heterocycles. The minimum atomic E-state index is -4.49. The molecule has 10 nitrogen and oxygen atoms in total. The number of amides is 1. The van der Waals surface area contributed by atoms with Gasteiger partial charge in [0.15, 0.2) is 5.11 Å². The SMILES string of the molecule is Cc1c(OS(=O)(=O)c2ccc(CN(C(=O)O)C(N)=S)c([N+](=O)[O-])c2)ccc(Cl)c1Cl. The van der Waals surface area contributed by atoms with Crippen LogP contribution in [0, 0.1) is 17.0 Å². The summed E-state index contributed by atoms with van der Waals surface area (Å²) in [4.78, 5) is 21.7. The van der Waals surface area contributed by atoms with Crippen LogP contribution in [-0.2, 0) is 16.7 Å². The number of nitro benzene ring substituents is 1. The summed E-state index contributed by atoms with van der Waals surface area (Å²) in [5.41, 5.74) is 4.78. The second kappa shape index (κ2) is 9.00. The summed E-state index contributed by atoms with van der Waals surface area (Å²) in [6.07, 6.45) is -1.52. The summed E-state index contributed by atoms with van der Waals surface area (Å²) >= 11 is 16.4. The van der Waals surface area contributed by atoms with Gasteiger partial charge in [0.2, 0.25) is 0 Å². The zero-order chi connectivity index (χ0) is 22.8. The summed E-state index contributed by atoms with van der Waals surface area (Å²) in [5, 5.41) is 20.3. The maximum absolute atomic E-state index is 12.6. The lowest BCUT2D eigenvalue weighted by molar-refractivity contribution is -0.385. The van der Waals surface area contributed by atoms with Gasteiger partial charge in [-0.25, -0.2) is 9.69 Å². The number of halogens is 2. The predicted octanol–water partition coefficient (Wildman–Crippen LogP) is 3.70.